The molecule has 5 rings (SSSR count). The van der Waals surface area contributed by atoms with Crippen LogP contribution in [0.4, 0.5) is 0 Å². The number of nitrogens with two attached hydrogens (primary N) is 1. The Hall–Kier alpha value is -4.39. The molecule has 0 aromatic heterocycles. The molecule has 4 unspecified atom stereocenters. The van der Waals surface area contributed by atoms with E-state index in [1.807, 2.05) is 72.8 Å². The minimum atomic E-state index is -1.93. The minimum absolute atomic E-state index is 0.00161. The summed E-state index contributed by atoms with van der Waals surface area (Å²) < 4.78 is 0. The maximum absolute atomic E-state index is 10.4. The lowest BCUT2D eigenvalue weighted by atomic mass is 9.40. The van der Waals surface area contributed by atoms with Gasteiger partial charge in [-0.25, -0.2) is 0 Å². The van der Waals surface area contributed by atoms with Crippen molar-refractivity contribution in [2.45, 2.75) is 12.3 Å². The van der Waals surface area contributed by atoms with Crippen LogP contribution >= 0.6 is 0 Å². The molecule has 0 heterocycles. The Balaban J connectivity index is 2.08. The van der Waals surface area contributed by atoms with Crippen molar-refractivity contribution in [3.8, 4) is 24.3 Å². The monoisotopic (exact) mass is 402 g/mol. The van der Waals surface area contributed by atoms with Gasteiger partial charge in [0.1, 0.15) is 5.41 Å². The van der Waals surface area contributed by atoms with E-state index in [4.69, 9.17) is 11.1 Å². The van der Waals surface area contributed by atoms with Gasteiger partial charge in [-0.2, -0.15) is 21.0 Å². The molecule has 6 nitrogen and oxygen atoms in total. The summed E-state index contributed by atoms with van der Waals surface area (Å²) in [6.45, 7) is 0. The molecular formula is C25H18N6. The zero-order valence-corrected chi connectivity index (χ0v) is 16.6. The number of hydrogen-bond acceptors (Lipinski definition) is 6. The summed E-state index contributed by atoms with van der Waals surface area (Å²) in [5.74, 6) is -1.94. The Morgan fingerprint density at radius 3 is 1.97 bits per heavy atom. The fraction of sp³-hybridized carbons (Fsp3) is 0.240. The largest absolute Gasteiger partial charge is 0.400 e. The third-order valence-electron chi connectivity index (χ3n) is 6.76. The van der Waals surface area contributed by atoms with Crippen molar-refractivity contribution in [3.63, 3.8) is 0 Å². The van der Waals surface area contributed by atoms with Crippen LogP contribution in [-0.2, 0) is 6.42 Å². The number of benzene rings is 2. The topological polar surface area (TPSA) is 145 Å². The van der Waals surface area contributed by atoms with Crippen LogP contribution in [0, 0.1) is 73.4 Å². The Bertz CT molecular complexity index is 1240. The molecule has 0 saturated heterocycles. The van der Waals surface area contributed by atoms with Gasteiger partial charge in [-0.3, -0.25) is 0 Å². The predicted octanol–water partition coefficient (Wildman–Crippen LogP) is 3.57. The van der Waals surface area contributed by atoms with E-state index in [2.05, 4.69) is 12.1 Å². The van der Waals surface area contributed by atoms with E-state index in [-0.39, 0.29) is 17.0 Å². The first kappa shape index (κ1) is 19.9. The van der Waals surface area contributed by atoms with Crippen LogP contribution < -0.4 is 5.73 Å². The van der Waals surface area contributed by atoms with Crippen molar-refractivity contribution in [3.05, 3.63) is 83.1 Å². The molecule has 0 radical (unpaired) electrons. The average molecular weight is 402 g/mol. The van der Waals surface area contributed by atoms with Crippen molar-refractivity contribution in [1.29, 1.82) is 26.5 Å². The number of allylic oxidation sites excluding steroid dienone is 2. The van der Waals surface area contributed by atoms with E-state index in [0.717, 1.165) is 11.1 Å². The summed E-state index contributed by atoms with van der Waals surface area (Å²) >= 11 is 0. The van der Waals surface area contributed by atoms with E-state index >= 15 is 0 Å². The second kappa shape index (κ2) is 7.14. The lowest BCUT2D eigenvalue weighted by Gasteiger charge is -2.57. The molecule has 1 fully saturated rings. The van der Waals surface area contributed by atoms with Gasteiger partial charge in [-0.1, -0.05) is 60.7 Å². The summed E-state index contributed by atoms with van der Waals surface area (Å²) in [7, 11) is 0. The van der Waals surface area contributed by atoms with Crippen LogP contribution in [0.2, 0.25) is 0 Å². The van der Waals surface area contributed by atoms with E-state index in [9.17, 15) is 21.0 Å². The molecule has 2 bridgehead atoms. The number of nitriles is 4. The normalized spacial score (nSPS) is 28.1. The van der Waals surface area contributed by atoms with Gasteiger partial charge in [-0.15, -0.1) is 0 Å². The van der Waals surface area contributed by atoms with Gasteiger partial charge in [0.05, 0.1) is 35.6 Å². The highest BCUT2D eigenvalue weighted by Gasteiger charge is 2.71. The second-order valence-corrected chi connectivity index (χ2v) is 7.98. The Morgan fingerprint density at radius 2 is 1.45 bits per heavy atom. The van der Waals surface area contributed by atoms with Gasteiger partial charge in [0.2, 0.25) is 0 Å². The van der Waals surface area contributed by atoms with Gasteiger partial charge >= 0.3 is 0 Å². The number of rotatable bonds is 3. The molecule has 0 aliphatic heterocycles. The first-order valence-electron chi connectivity index (χ1n) is 9.84. The van der Waals surface area contributed by atoms with Crippen LogP contribution in [0.25, 0.3) is 0 Å². The second-order valence-electron chi connectivity index (χ2n) is 7.98. The first-order valence-corrected chi connectivity index (χ1v) is 9.84. The smallest absolute Gasteiger partial charge is 0.190 e. The van der Waals surface area contributed by atoms with Crippen LogP contribution in [0.1, 0.15) is 17.0 Å². The van der Waals surface area contributed by atoms with Crippen LogP contribution in [0.3, 0.4) is 0 Å². The highest BCUT2D eigenvalue weighted by Crippen LogP contribution is 2.65. The van der Waals surface area contributed by atoms with Crippen molar-refractivity contribution >= 4 is 5.71 Å². The van der Waals surface area contributed by atoms with Crippen LogP contribution in [-0.4, -0.2) is 5.71 Å². The Kier molecular flexibility index (Phi) is 4.58. The van der Waals surface area contributed by atoms with Gasteiger partial charge in [-0.05, 0) is 23.5 Å². The Labute approximate surface area is 180 Å². The highest BCUT2D eigenvalue weighted by molar-refractivity contribution is 6.05. The molecule has 0 amide bonds. The third kappa shape index (κ3) is 2.43. The van der Waals surface area contributed by atoms with Crippen LogP contribution in [0.5, 0.6) is 0 Å². The third-order valence-corrected chi connectivity index (χ3v) is 6.76. The number of hydrogen-bond donors (Lipinski definition) is 2. The molecule has 2 aromatic carbocycles. The SMILES string of the molecule is N#CC1=C(N)C2(C#N)C(=N)C(C#N)(C#N)C1C(c1ccccc1)C2Cc1ccccc1. The fourth-order valence-electron chi connectivity index (χ4n) is 5.39. The number of nitrogens with one attached hydrogen (secondary N) is 1. The number of fused-ring (bicyclic) bond motifs is 2. The van der Waals surface area contributed by atoms with Gasteiger partial charge < -0.3 is 11.1 Å². The first-order chi connectivity index (χ1) is 15.0. The quantitative estimate of drug-likeness (QED) is 0.806. The van der Waals surface area contributed by atoms with Gasteiger partial charge in [0, 0.05) is 17.5 Å². The summed E-state index contributed by atoms with van der Waals surface area (Å²) in [6, 6.07) is 27.1. The van der Waals surface area contributed by atoms with E-state index in [1.54, 1.807) is 0 Å². The van der Waals surface area contributed by atoms with E-state index in [1.165, 1.54) is 0 Å². The molecule has 2 aromatic rings. The van der Waals surface area contributed by atoms with Gasteiger partial charge in [0.15, 0.2) is 5.41 Å². The molecule has 3 N–H and O–H groups in total. The minimum Gasteiger partial charge on any atom is -0.400 e. The van der Waals surface area contributed by atoms with Gasteiger partial charge in [0.25, 0.3) is 0 Å². The standard InChI is InChI=1S/C25H18N6/c26-12-18-21-20(17-9-5-2-6-10-17)19(11-16-7-3-1-4-8-16)25(15-29,22(18)30)23(31)24(21,13-27)14-28/h1-10,19-21,31H,11,30H2. The lowest BCUT2D eigenvalue weighted by Crippen LogP contribution is -2.64. The molecule has 1 saturated carbocycles. The predicted molar refractivity (Wildman–Crippen MR) is 113 cm³/mol. The molecule has 3 aliphatic carbocycles. The summed E-state index contributed by atoms with van der Waals surface area (Å²) in [6.07, 6.45) is 0.416. The maximum Gasteiger partial charge on any atom is 0.190 e. The zero-order chi connectivity index (χ0) is 22.2. The summed E-state index contributed by atoms with van der Waals surface area (Å²) in [5.41, 5.74) is 4.27. The maximum atomic E-state index is 10.4. The van der Waals surface area contributed by atoms with Crippen molar-refractivity contribution in [1.82, 2.24) is 0 Å². The summed E-state index contributed by atoms with van der Waals surface area (Å²) in [4.78, 5) is 0. The van der Waals surface area contributed by atoms with Crippen molar-refractivity contribution < 1.29 is 0 Å². The molecule has 31 heavy (non-hydrogen) atoms. The molecule has 3 aliphatic rings. The summed E-state index contributed by atoms with van der Waals surface area (Å²) in [5, 5.41) is 49.4. The molecule has 4 atom stereocenters. The lowest BCUT2D eigenvalue weighted by molar-refractivity contribution is 0.156. The molecular weight excluding hydrogens is 384 g/mol. The molecule has 0 spiro atoms. The fourth-order valence-corrected chi connectivity index (χ4v) is 5.39. The van der Waals surface area contributed by atoms with E-state index < -0.39 is 28.6 Å². The average Bonchev–Trinajstić information content (AvgIpc) is 2.82. The highest BCUT2D eigenvalue weighted by atomic mass is 14.8. The Morgan fingerprint density at radius 1 is 0.871 bits per heavy atom. The van der Waals surface area contributed by atoms with Crippen molar-refractivity contribution in [2.75, 3.05) is 0 Å². The van der Waals surface area contributed by atoms with E-state index in [0.29, 0.717) is 6.42 Å². The van der Waals surface area contributed by atoms with Crippen molar-refractivity contribution in [2.24, 2.45) is 28.4 Å². The molecule has 6 heteroatoms. The van der Waals surface area contributed by atoms with Crippen LogP contribution in [0.15, 0.2) is 71.9 Å². The molecule has 148 valence electrons. The number of nitrogens with zero attached hydrogens (tertiary/aromatic N) is 4. The zero-order valence-electron chi connectivity index (χ0n) is 16.6.